The van der Waals surface area contributed by atoms with Gasteiger partial charge in [0.05, 0.1) is 11.7 Å². The number of Topliss-reactive ketones (excluding diaryl/α,β-unsaturated/α-hetero) is 1. The van der Waals surface area contributed by atoms with Gasteiger partial charge >= 0.3 is 0 Å². The Kier molecular flexibility index (Phi) is 3.87. The van der Waals surface area contributed by atoms with E-state index in [0.29, 0.717) is 12.0 Å². The zero-order valence-electron chi connectivity index (χ0n) is 14.9. The first-order valence-corrected chi connectivity index (χ1v) is 8.23. The minimum absolute atomic E-state index is 0.00682. The van der Waals surface area contributed by atoms with Crippen LogP contribution in [0, 0.1) is 28.6 Å². The normalized spacial score (nSPS) is 39.1. The molecule has 3 nitrogen and oxygen atoms in total. The number of hydrogen-bond acceptors (Lipinski definition) is 3. The molecular formula is C18H32O3. The fraction of sp³-hybridized carbons (Fsp3) is 0.944. The smallest absolute Gasteiger partial charge is 0.165 e. The first-order chi connectivity index (χ1) is 9.34. The molecule has 0 bridgehead atoms. The second-order valence-corrected chi connectivity index (χ2v) is 9.06. The lowest BCUT2D eigenvalue weighted by Crippen LogP contribution is -2.38. The van der Waals surface area contributed by atoms with Gasteiger partial charge in [-0.2, -0.15) is 0 Å². The van der Waals surface area contributed by atoms with Gasteiger partial charge in [-0.15, -0.1) is 0 Å². The van der Waals surface area contributed by atoms with E-state index >= 15 is 0 Å². The molecule has 0 aromatic heterocycles. The Labute approximate surface area is 129 Å². The lowest BCUT2D eigenvalue weighted by atomic mass is 9.63. The summed E-state index contributed by atoms with van der Waals surface area (Å²) in [5.41, 5.74) is -0.572. The van der Waals surface area contributed by atoms with Crippen molar-refractivity contribution in [3.8, 4) is 0 Å². The summed E-state index contributed by atoms with van der Waals surface area (Å²) in [5, 5.41) is 10.3. The summed E-state index contributed by atoms with van der Waals surface area (Å²) in [6.07, 6.45) is 0.429. The monoisotopic (exact) mass is 296 g/mol. The summed E-state index contributed by atoms with van der Waals surface area (Å²) < 4.78 is 5.74. The van der Waals surface area contributed by atoms with Crippen molar-refractivity contribution in [3.63, 3.8) is 0 Å². The Bertz CT molecular complexity index is 436. The summed E-state index contributed by atoms with van der Waals surface area (Å²) in [6, 6.07) is 0. The van der Waals surface area contributed by atoms with E-state index in [2.05, 4.69) is 41.5 Å². The zero-order valence-corrected chi connectivity index (χ0v) is 14.9. The fourth-order valence-corrected chi connectivity index (χ4v) is 4.57. The molecule has 2 fully saturated rings. The molecule has 1 aliphatic heterocycles. The van der Waals surface area contributed by atoms with E-state index in [1.807, 2.05) is 13.8 Å². The largest absolute Gasteiger partial charge is 0.385 e. The summed E-state index contributed by atoms with van der Waals surface area (Å²) in [5.74, 6) is 0.658. The van der Waals surface area contributed by atoms with Gasteiger partial charge in [-0.1, -0.05) is 41.5 Å². The maximum Gasteiger partial charge on any atom is 0.165 e. The quantitative estimate of drug-likeness (QED) is 0.809. The predicted octanol–water partition coefficient (Wildman–Crippen LogP) is 3.44. The molecule has 5 atom stereocenters. The van der Waals surface area contributed by atoms with Gasteiger partial charge in [-0.25, -0.2) is 0 Å². The van der Waals surface area contributed by atoms with Crippen molar-refractivity contribution >= 4 is 5.78 Å². The topological polar surface area (TPSA) is 49.8 Å². The van der Waals surface area contributed by atoms with Crippen molar-refractivity contribution < 1.29 is 14.6 Å². The van der Waals surface area contributed by atoms with Gasteiger partial charge in [0.1, 0.15) is 6.10 Å². The third-order valence-corrected chi connectivity index (χ3v) is 6.59. The number of ether oxygens (including phenoxy) is 1. The van der Waals surface area contributed by atoms with Crippen LogP contribution in [0.1, 0.15) is 61.8 Å². The number of ketones is 1. The molecule has 0 amide bonds. The molecule has 0 radical (unpaired) electrons. The van der Waals surface area contributed by atoms with E-state index in [4.69, 9.17) is 4.74 Å². The maximum absolute atomic E-state index is 12.6. The van der Waals surface area contributed by atoms with Crippen molar-refractivity contribution in [2.75, 3.05) is 0 Å². The van der Waals surface area contributed by atoms with Gasteiger partial charge in [0.25, 0.3) is 0 Å². The lowest BCUT2D eigenvalue weighted by Gasteiger charge is -2.41. The van der Waals surface area contributed by atoms with Crippen LogP contribution in [0.25, 0.3) is 0 Å². The first-order valence-electron chi connectivity index (χ1n) is 8.23. The summed E-state index contributed by atoms with van der Waals surface area (Å²) >= 11 is 0. The molecule has 1 heterocycles. The van der Waals surface area contributed by atoms with Gasteiger partial charge in [-0.05, 0) is 37.5 Å². The average molecular weight is 296 g/mol. The predicted molar refractivity (Wildman–Crippen MR) is 84.0 cm³/mol. The van der Waals surface area contributed by atoms with Crippen molar-refractivity contribution in [1.82, 2.24) is 0 Å². The van der Waals surface area contributed by atoms with E-state index in [0.717, 1.165) is 6.42 Å². The average Bonchev–Trinajstić information content (AvgIpc) is 2.93. The fourth-order valence-electron chi connectivity index (χ4n) is 4.57. The van der Waals surface area contributed by atoms with Gasteiger partial charge in [0.15, 0.2) is 5.78 Å². The Hall–Kier alpha value is -0.410. The number of hydrogen-bond donors (Lipinski definition) is 1. The van der Waals surface area contributed by atoms with Crippen LogP contribution in [0.15, 0.2) is 0 Å². The molecule has 0 aromatic carbocycles. The van der Waals surface area contributed by atoms with Crippen LogP contribution in [0.5, 0.6) is 0 Å². The lowest BCUT2D eigenvalue weighted by molar-refractivity contribution is -0.130. The second kappa shape index (κ2) is 4.79. The molecule has 122 valence electrons. The molecule has 1 saturated carbocycles. The number of carbonyl (C=O) groups excluding carboxylic acids is 1. The highest BCUT2D eigenvalue weighted by molar-refractivity contribution is 5.90. The van der Waals surface area contributed by atoms with Crippen molar-refractivity contribution in [2.45, 2.75) is 79.6 Å². The Morgan fingerprint density at radius 2 is 1.52 bits per heavy atom. The number of aliphatic hydroxyl groups is 1. The Morgan fingerprint density at radius 3 is 1.86 bits per heavy atom. The molecule has 21 heavy (non-hydrogen) atoms. The molecule has 1 aliphatic carbocycles. The SMILES string of the molecule is C[C@H](C[C@@H](C)[C@H]1C(=O)[C@H](O)C(C)(C)C1(C)C)C1OC1(C)C. The first kappa shape index (κ1) is 17.0. The van der Waals surface area contributed by atoms with Crippen molar-refractivity contribution in [3.05, 3.63) is 0 Å². The molecule has 0 spiro atoms. The molecular weight excluding hydrogens is 264 g/mol. The minimum atomic E-state index is -0.844. The summed E-state index contributed by atoms with van der Waals surface area (Å²) in [7, 11) is 0. The molecule has 1 unspecified atom stereocenters. The third kappa shape index (κ3) is 2.46. The van der Waals surface area contributed by atoms with Crippen LogP contribution >= 0.6 is 0 Å². The molecule has 3 heteroatoms. The highest BCUT2D eigenvalue weighted by atomic mass is 16.6. The molecule has 1 saturated heterocycles. The Balaban J connectivity index is 2.12. The van der Waals surface area contributed by atoms with E-state index in [1.54, 1.807) is 0 Å². The van der Waals surface area contributed by atoms with Crippen LogP contribution in [0.2, 0.25) is 0 Å². The number of epoxide rings is 1. The van der Waals surface area contributed by atoms with E-state index < -0.39 is 6.10 Å². The minimum Gasteiger partial charge on any atom is -0.385 e. The number of rotatable bonds is 4. The number of aliphatic hydroxyl groups excluding tert-OH is 1. The van der Waals surface area contributed by atoms with E-state index in [9.17, 15) is 9.90 Å². The Morgan fingerprint density at radius 1 is 1.05 bits per heavy atom. The maximum atomic E-state index is 12.6. The van der Waals surface area contributed by atoms with Crippen LogP contribution in [0.3, 0.4) is 0 Å². The highest BCUT2D eigenvalue weighted by Gasteiger charge is 2.61. The molecule has 0 aromatic rings. The van der Waals surface area contributed by atoms with Gasteiger partial charge in [0.2, 0.25) is 0 Å². The van der Waals surface area contributed by atoms with E-state index in [1.165, 1.54) is 0 Å². The second-order valence-electron chi connectivity index (χ2n) is 9.06. The zero-order chi connectivity index (χ0) is 16.4. The number of carbonyl (C=O) groups is 1. The van der Waals surface area contributed by atoms with Crippen LogP contribution in [0.4, 0.5) is 0 Å². The third-order valence-electron chi connectivity index (χ3n) is 6.59. The van der Waals surface area contributed by atoms with Crippen LogP contribution in [-0.2, 0) is 9.53 Å². The van der Waals surface area contributed by atoms with Gasteiger partial charge < -0.3 is 9.84 Å². The highest BCUT2D eigenvalue weighted by Crippen LogP contribution is 2.57. The standard InChI is InChI=1S/C18H32O3/c1-10(9-11(2)15-18(7,8)21-15)12-13(19)14(20)17(5,6)16(12,3)4/h10-12,14-15,20H,9H2,1-8H3/t10-,11-,12+,14+,15?/m1/s1. The molecule has 2 rings (SSSR count). The summed E-state index contributed by atoms with van der Waals surface area (Å²) in [6.45, 7) is 16.9. The van der Waals surface area contributed by atoms with Crippen molar-refractivity contribution in [1.29, 1.82) is 0 Å². The van der Waals surface area contributed by atoms with E-state index in [-0.39, 0.29) is 34.1 Å². The van der Waals surface area contributed by atoms with Gasteiger partial charge in [-0.3, -0.25) is 4.79 Å². The van der Waals surface area contributed by atoms with Gasteiger partial charge in [0, 0.05) is 11.3 Å². The van der Waals surface area contributed by atoms with Crippen LogP contribution in [-0.4, -0.2) is 28.7 Å². The van der Waals surface area contributed by atoms with Crippen LogP contribution < -0.4 is 0 Å². The summed E-state index contributed by atoms with van der Waals surface area (Å²) in [4.78, 5) is 12.6. The molecule has 1 N–H and O–H groups in total. The van der Waals surface area contributed by atoms with Crippen molar-refractivity contribution in [2.24, 2.45) is 28.6 Å². The molecule has 2 aliphatic rings.